The second-order valence-electron chi connectivity index (χ2n) is 3.94. The Hall–Kier alpha value is -1.46. The molecule has 1 aromatic heterocycles. The third-order valence-corrected chi connectivity index (χ3v) is 4.44. The summed E-state index contributed by atoms with van der Waals surface area (Å²) in [4.78, 5) is 17.9. The van der Waals surface area contributed by atoms with Crippen LogP contribution in [0.25, 0.3) is 0 Å². The minimum Gasteiger partial charge on any atom is -0.365 e. The van der Waals surface area contributed by atoms with Crippen molar-refractivity contribution in [3.05, 3.63) is 50.1 Å². The summed E-state index contributed by atoms with van der Waals surface area (Å²) in [5.41, 5.74) is 0.628. The van der Waals surface area contributed by atoms with Gasteiger partial charge in [-0.25, -0.2) is 18.5 Å². The van der Waals surface area contributed by atoms with E-state index in [9.17, 15) is 13.2 Å². The molecule has 0 saturated carbocycles. The van der Waals surface area contributed by atoms with Crippen LogP contribution >= 0.6 is 22.6 Å². The van der Waals surface area contributed by atoms with Gasteiger partial charge in [-0.15, -0.1) is 0 Å². The van der Waals surface area contributed by atoms with Crippen LogP contribution in [-0.4, -0.2) is 18.4 Å². The van der Waals surface area contributed by atoms with Gasteiger partial charge in [0.2, 0.25) is 10.0 Å². The highest BCUT2D eigenvalue weighted by Gasteiger charge is 2.07. The number of aromatic nitrogens is 2. The van der Waals surface area contributed by atoms with Crippen LogP contribution in [0.2, 0.25) is 0 Å². The van der Waals surface area contributed by atoms with Crippen molar-refractivity contribution in [2.24, 2.45) is 5.14 Å². The van der Waals surface area contributed by atoms with Gasteiger partial charge in [0.1, 0.15) is 9.39 Å². The van der Waals surface area contributed by atoms with E-state index in [4.69, 9.17) is 5.14 Å². The minimum atomic E-state index is -3.68. The largest absolute Gasteiger partial charge is 0.365 e. The third-order valence-electron chi connectivity index (χ3n) is 2.51. The van der Waals surface area contributed by atoms with Crippen LogP contribution in [0.3, 0.4) is 0 Å². The van der Waals surface area contributed by atoms with E-state index in [0.29, 0.717) is 15.9 Å². The first-order valence-corrected chi connectivity index (χ1v) is 8.09. The molecule has 2 aromatic rings. The fourth-order valence-electron chi connectivity index (χ4n) is 1.49. The van der Waals surface area contributed by atoms with E-state index in [1.54, 1.807) is 12.1 Å². The molecule has 0 spiro atoms. The van der Waals surface area contributed by atoms with Crippen LogP contribution in [-0.2, 0) is 16.6 Å². The molecule has 0 fully saturated rings. The number of nitrogens with zero attached hydrogens (tertiary/aromatic N) is 1. The molecule has 0 unspecified atom stereocenters. The third kappa shape index (κ3) is 3.55. The van der Waals surface area contributed by atoms with Crippen molar-refractivity contribution in [1.29, 1.82) is 0 Å². The number of nitrogens with two attached hydrogens (primary N) is 1. The number of nitrogens with one attached hydrogen (secondary N) is 2. The van der Waals surface area contributed by atoms with Crippen molar-refractivity contribution in [2.75, 3.05) is 5.32 Å². The summed E-state index contributed by atoms with van der Waals surface area (Å²) in [6.07, 6.45) is 1.32. The molecule has 0 bridgehead atoms. The standard InChI is InChI=1S/C11H11IN4O3S/c12-9-10(15-6-16-11(9)17)14-5-7-1-3-8(4-2-7)20(13,18)19/h1-4,6H,5H2,(H2,13,18,19)(H2,14,15,16,17). The second kappa shape index (κ2) is 5.89. The first-order chi connectivity index (χ1) is 9.38. The van der Waals surface area contributed by atoms with Gasteiger partial charge < -0.3 is 10.3 Å². The zero-order valence-corrected chi connectivity index (χ0v) is 13.1. The number of H-pyrrole nitrogens is 1. The van der Waals surface area contributed by atoms with Crippen molar-refractivity contribution in [1.82, 2.24) is 9.97 Å². The van der Waals surface area contributed by atoms with E-state index in [0.717, 1.165) is 5.56 Å². The second-order valence-corrected chi connectivity index (χ2v) is 6.58. The van der Waals surface area contributed by atoms with Crippen LogP contribution in [0.4, 0.5) is 5.82 Å². The highest BCUT2D eigenvalue weighted by Crippen LogP contribution is 2.12. The predicted molar refractivity (Wildman–Crippen MR) is 82.7 cm³/mol. The topological polar surface area (TPSA) is 118 Å². The Bertz CT molecular complexity index is 771. The molecule has 9 heteroatoms. The molecule has 106 valence electrons. The number of anilines is 1. The lowest BCUT2D eigenvalue weighted by Crippen LogP contribution is -2.15. The minimum absolute atomic E-state index is 0.0603. The molecule has 0 aliphatic carbocycles. The van der Waals surface area contributed by atoms with Gasteiger partial charge in [-0.2, -0.15) is 0 Å². The van der Waals surface area contributed by atoms with E-state index >= 15 is 0 Å². The Morgan fingerprint density at radius 3 is 2.55 bits per heavy atom. The lowest BCUT2D eigenvalue weighted by atomic mass is 10.2. The van der Waals surface area contributed by atoms with Gasteiger partial charge in [-0.05, 0) is 40.3 Å². The van der Waals surface area contributed by atoms with E-state index in [1.807, 2.05) is 22.6 Å². The Kier molecular flexibility index (Phi) is 4.40. The van der Waals surface area contributed by atoms with Crippen molar-refractivity contribution < 1.29 is 8.42 Å². The number of aromatic amines is 1. The monoisotopic (exact) mass is 406 g/mol. The fourth-order valence-corrected chi connectivity index (χ4v) is 2.49. The van der Waals surface area contributed by atoms with E-state index in [-0.39, 0.29) is 10.5 Å². The average molecular weight is 406 g/mol. The lowest BCUT2D eigenvalue weighted by Gasteiger charge is -2.07. The van der Waals surface area contributed by atoms with Gasteiger partial charge in [0.25, 0.3) is 5.56 Å². The number of primary sulfonamides is 1. The number of hydrogen-bond donors (Lipinski definition) is 3. The van der Waals surface area contributed by atoms with Crippen molar-refractivity contribution in [3.8, 4) is 0 Å². The lowest BCUT2D eigenvalue weighted by molar-refractivity contribution is 0.598. The maximum absolute atomic E-state index is 11.4. The Balaban J connectivity index is 2.12. The van der Waals surface area contributed by atoms with E-state index in [2.05, 4.69) is 15.3 Å². The molecular formula is C11H11IN4O3S. The molecule has 0 aliphatic rings. The number of halogens is 1. The first-order valence-electron chi connectivity index (χ1n) is 5.47. The number of hydrogen-bond acceptors (Lipinski definition) is 5. The first kappa shape index (κ1) is 14.9. The number of rotatable bonds is 4. The van der Waals surface area contributed by atoms with Gasteiger partial charge in [0.05, 0.1) is 11.2 Å². The summed E-state index contributed by atoms with van der Waals surface area (Å²) in [5.74, 6) is 0.477. The summed E-state index contributed by atoms with van der Waals surface area (Å²) in [5, 5.41) is 8.02. The number of sulfonamides is 1. The molecule has 0 atom stereocenters. The fraction of sp³-hybridized carbons (Fsp3) is 0.0909. The molecule has 7 nitrogen and oxygen atoms in total. The summed E-state index contributed by atoms with van der Waals surface area (Å²) in [6, 6.07) is 6.16. The maximum Gasteiger partial charge on any atom is 0.266 e. The normalized spacial score (nSPS) is 11.3. The predicted octanol–water partition coefficient (Wildman–Crippen LogP) is 0.634. The molecule has 2 rings (SSSR count). The summed E-state index contributed by atoms with van der Waals surface area (Å²) in [7, 11) is -3.68. The van der Waals surface area contributed by atoms with E-state index < -0.39 is 10.0 Å². The van der Waals surface area contributed by atoms with Gasteiger partial charge in [0, 0.05) is 6.54 Å². The quantitative estimate of drug-likeness (QED) is 0.644. The van der Waals surface area contributed by atoms with Crippen LogP contribution in [0.15, 0.2) is 40.3 Å². The zero-order valence-electron chi connectivity index (χ0n) is 10.1. The maximum atomic E-state index is 11.4. The Morgan fingerprint density at radius 2 is 1.95 bits per heavy atom. The highest BCUT2D eigenvalue weighted by atomic mass is 127. The Morgan fingerprint density at radius 1 is 1.30 bits per heavy atom. The van der Waals surface area contributed by atoms with Crippen molar-refractivity contribution >= 4 is 38.4 Å². The molecule has 0 saturated heterocycles. The molecule has 1 aromatic carbocycles. The molecule has 0 amide bonds. The summed E-state index contributed by atoms with van der Waals surface area (Å²) in [6.45, 7) is 0.414. The average Bonchev–Trinajstić information content (AvgIpc) is 2.40. The van der Waals surface area contributed by atoms with Crippen LogP contribution in [0.5, 0.6) is 0 Å². The van der Waals surface area contributed by atoms with Crippen LogP contribution < -0.4 is 16.0 Å². The summed E-state index contributed by atoms with van der Waals surface area (Å²) < 4.78 is 22.7. The van der Waals surface area contributed by atoms with Gasteiger partial charge in [0.15, 0.2) is 0 Å². The molecule has 0 aliphatic heterocycles. The molecule has 0 radical (unpaired) electrons. The van der Waals surface area contributed by atoms with Crippen LogP contribution in [0.1, 0.15) is 5.56 Å². The molecule has 4 N–H and O–H groups in total. The highest BCUT2D eigenvalue weighted by molar-refractivity contribution is 14.1. The Labute approximate surface area is 128 Å². The van der Waals surface area contributed by atoms with Gasteiger partial charge in [-0.1, -0.05) is 12.1 Å². The van der Waals surface area contributed by atoms with E-state index in [1.165, 1.54) is 18.5 Å². The zero-order chi connectivity index (χ0) is 14.8. The van der Waals surface area contributed by atoms with Gasteiger partial charge in [-0.3, -0.25) is 4.79 Å². The smallest absolute Gasteiger partial charge is 0.266 e. The molecule has 1 heterocycles. The van der Waals surface area contributed by atoms with Crippen molar-refractivity contribution in [2.45, 2.75) is 11.4 Å². The van der Waals surface area contributed by atoms with Crippen LogP contribution in [0, 0.1) is 3.57 Å². The number of benzene rings is 1. The van der Waals surface area contributed by atoms with Gasteiger partial charge >= 0.3 is 0 Å². The molecule has 20 heavy (non-hydrogen) atoms. The molecular weight excluding hydrogens is 395 g/mol. The summed E-state index contributed by atoms with van der Waals surface area (Å²) >= 11 is 1.90. The SMILES string of the molecule is NS(=O)(=O)c1ccc(CNc2nc[nH]c(=O)c2I)cc1. The van der Waals surface area contributed by atoms with Crippen molar-refractivity contribution in [3.63, 3.8) is 0 Å².